The van der Waals surface area contributed by atoms with E-state index in [4.69, 9.17) is 9.47 Å². The molecule has 114 valence electrons. The van der Waals surface area contributed by atoms with Gasteiger partial charge in [0.1, 0.15) is 13.2 Å². The number of fused-ring (bicyclic) bond motifs is 1. The van der Waals surface area contributed by atoms with Crippen LogP contribution in [0.3, 0.4) is 0 Å². The van der Waals surface area contributed by atoms with Gasteiger partial charge in [-0.05, 0) is 36.8 Å². The number of amides is 1. The van der Waals surface area contributed by atoms with Crippen molar-refractivity contribution in [2.75, 3.05) is 24.3 Å². The first kappa shape index (κ1) is 14.8. The van der Waals surface area contributed by atoms with Gasteiger partial charge in [-0.2, -0.15) is 0 Å². The Morgan fingerprint density at radius 3 is 2.73 bits per heavy atom. The maximum Gasteiger partial charge on any atom is 0.234 e. The number of aryl methyl sites for hydroxylation is 1. The third kappa shape index (κ3) is 3.54. The summed E-state index contributed by atoms with van der Waals surface area (Å²) >= 11 is 1.48. The lowest BCUT2D eigenvalue weighted by Gasteiger charge is -2.18. The van der Waals surface area contributed by atoms with Crippen LogP contribution in [0.25, 0.3) is 0 Å². The minimum Gasteiger partial charge on any atom is -0.486 e. The molecule has 1 N–H and O–H groups in total. The van der Waals surface area contributed by atoms with Crippen LogP contribution in [0, 0.1) is 6.92 Å². The number of carbonyl (C=O) groups is 1. The Hall–Kier alpha value is -2.14. The molecule has 0 saturated heterocycles. The number of benzene rings is 2. The van der Waals surface area contributed by atoms with Crippen LogP contribution in [-0.2, 0) is 4.79 Å². The second kappa shape index (κ2) is 6.75. The van der Waals surface area contributed by atoms with E-state index in [2.05, 4.69) is 5.32 Å². The van der Waals surface area contributed by atoms with Crippen molar-refractivity contribution < 1.29 is 14.3 Å². The summed E-state index contributed by atoms with van der Waals surface area (Å²) in [6, 6.07) is 13.5. The van der Waals surface area contributed by atoms with E-state index in [1.165, 1.54) is 11.8 Å². The topological polar surface area (TPSA) is 47.6 Å². The van der Waals surface area contributed by atoms with Crippen molar-refractivity contribution in [3.8, 4) is 11.5 Å². The van der Waals surface area contributed by atoms with E-state index < -0.39 is 0 Å². The third-order valence-electron chi connectivity index (χ3n) is 3.30. The van der Waals surface area contributed by atoms with Crippen molar-refractivity contribution >= 4 is 23.4 Å². The molecule has 5 heteroatoms. The quantitative estimate of drug-likeness (QED) is 0.877. The number of hydrogen-bond donors (Lipinski definition) is 1. The van der Waals surface area contributed by atoms with Crippen LogP contribution in [0.15, 0.2) is 47.4 Å². The number of nitrogens with one attached hydrogen (secondary N) is 1. The lowest BCUT2D eigenvalue weighted by Crippen LogP contribution is -2.16. The molecule has 0 bridgehead atoms. The Morgan fingerprint density at radius 1 is 1.14 bits per heavy atom. The number of ether oxygens (including phenoxy) is 2. The second-order valence-electron chi connectivity index (χ2n) is 4.96. The van der Waals surface area contributed by atoms with Gasteiger partial charge in [-0.1, -0.05) is 18.2 Å². The lowest BCUT2D eigenvalue weighted by atomic mass is 10.2. The number of carbonyl (C=O) groups excluding carboxylic acids is 1. The number of rotatable bonds is 4. The van der Waals surface area contributed by atoms with Crippen molar-refractivity contribution in [1.82, 2.24) is 0 Å². The van der Waals surface area contributed by atoms with E-state index in [1.807, 2.05) is 49.4 Å². The van der Waals surface area contributed by atoms with Gasteiger partial charge in [0.25, 0.3) is 0 Å². The largest absolute Gasteiger partial charge is 0.486 e. The van der Waals surface area contributed by atoms with Gasteiger partial charge in [-0.25, -0.2) is 0 Å². The molecular formula is C17H17NO3S. The monoisotopic (exact) mass is 315 g/mol. The zero-order valence-electron chi connectivity index (χ0n) is 12.3. The van der Waals surface area contributed by atoms with Gasteiger partial charge in [-0.3, -0.25) is 4.79 Å². The Morgan fingerprint density at radius 2 is 1.91 bits per heavy atom. The Kier molecular flexibility index (Phi) is 4.53. The SMILES string of the molecule is Cc1ccccc1NC(=O)CSc1ccc2c(c1)OCCO2. The summed E-state index contributed by atoms with van der Waals surface area (Å²) in [6.07, 6.45) is 0. The molecule has 1 amide bonds. The van der Waals surface area contributed by atoms with Crippen molar-refractivity contribution in [2.45, 2.75) is 11.8 Å². The molecule has 1 aliphatic heterocycles. The minimum absolute atomic E-state index is 0.0193. The molecular weight excluding hydrogens is 298 g/mol. The van der Waals surface area contributed by atoms with E-state index in [1.54, 1.807) is 0 Å². The highest BCUT2D eigenvalue weighted by atomic mass is 32.2. The first-order valence-corrected chi connectivity index (χ1v) is 8.09. The summed E-state index contributed by atoms with van der Waals surface area (Å²) in [7, 11) is 0. The molecule has 1 aliphatic rings. The minimum atomic E-state index is -0.0193. The van der Waals surface area contributed by atoms with Crippen molar-refractivity contribution in [2.24, 2.45) is 0 Å². The fourth-order valence-electron chi connectivity index (χ4n) is 2.16. The van der Waals surface area contributed by atoms with Gasteiger partial charge in [-0.15, -0.1) is 11.8 Å². The van der Waals surface area contributed by atoms with Gasteiger partial charge in [0.2, 0.25) is 5.91 Å². The molecule has 0 aromatic heterocycles. The molecule has 0 atom stereocenters. The van der Waals surface area contributed by atoms with Gasteiger partial charge >= 0.3 is 0 Å². The molecule has 0 aliphatic carbocycles. The van der Waals surface area contributed by atoms with E-state index in [0.29, 0.717) is 19.0 Å². The molecule has 0 saturated carbocycles. The summed E-state index contributed by atoms with van der Waals surface area (Å²) in [4.78, 5) is 13.0. The fraction of sp³-hybridized carbons (Fsp3) is 0.235. The van der Waals surface area contributed by atoms with E-state index >= 15 is 0 Å². The first-order chi connectivity index (χ1) is 10.7. The van der Waals surface area contributed by atoms with Crippen molar-refractivity contribution in [3.63, 3.8) is 0 Å². The van der Waals surface area contributed by atoms with E-state index in [0.717, 1.165) is 27.6 Å². The van der Waals surface area contributed by atoms with Gasteiger partial charge in [0.05, 0.1) is 5.75 Å². The van der Waals surface area contributed by atoms with Gasteiger partial charge in [0, 0.05) is 10.6 Å². The maximum atomic E-state index is 12.0. The molecule has 0 spiro atoms. The third-order valence-corrected chi connectivity index (χ3v) is 4.30. The van der Waals surface area contributed by atoms with Crippen LogP contribution in [0.4, 0.5) is 5.69 Å². The summed E-state index contributed by atoms with van der Waals surface area (Å²) in [6.45, 7) is 3.12. The summed E-state index contributed by atoms with van der Waals surface area (Å²) < 4.78 is 11.0. The zero-order valence-corrected chi connectivity index (χ0v) is 13.1. The molecule has 2 aromatic carbocycles. The Balaban J connectivity index is 1.58. The van der Waals surface area contributed by atoms with Crippen molar-refractivity contribution in [1.29, 1.82) is 0 Å². The molecule has 3 rings (SSSR count). The van der Waals surface area contributed by atoms with E-state index in [9.17, 15) is 4.79 Å². The highest BCUT2D eigenvalue weighted by Crippen LogP contribution is 2.34. The Labute approximate surface area is 133 Å². The van der Waals surface area contributed by atoms with Gasteiger partial charge in [0.15, 0.2) is 11.5 Å². The van der Waals surface area contributed by atoms with Crippen molar-refractivity contribution in [3.05, 3.63) is 48.0 Å². The average Bonchev–Trinajstić information content (AvgIpc) is 2.55. The second-order valence-corrected chi connectivity index (χ2v) is 6.01. The summed E-state index contributed by atoms with van der Waals surface area (Å²) in [5.41, 5.74) is 1.91. The predicted octanol–water partition coefficient (Wildman–Crippen LogP) is 3.50. The molecule has 22 heavy (non-hydrogen) atoms. The fourth-order valence-corrected chi connectivity index (χ4v) is 2.89. The predicted molar refractivity (Wildman–Crippen MR) is 88.0 cm³/mol. The molecule has 0 unspecified atom stereocenters. The van der Waals surface area contributed by atoms with E-state index in [-0.39, 0.29) is 5.91 Å². The van der Waals surface area contributed by atoms with Crippen LogP contribution < -0.4 is 14.8 Å². The van der Waals surface area contributed by atoms with Crippen LogP contribution in [-0.4, -0.2) is 24.9 Å². The molecule has 1 heterocycles. The summed E-state index contributed by atoms with van der Waals surface area (Å²) in [5, 5.41) is 2.93. The van der Waals surface area contributed by atoms with Crippen LogP contribution in [0.5, 0.6) is 11.5 Å². The molecule has 4 nitrogen and oxygen atoms in total. The molecule has 2 aromatic rings. The highest BCUT2D eigenvalue weighted by Gasteiger charge is 2.12. The smallest absolute Gasteiger partial charge is 0.234 e. The molecule has 0 fully saturated rings. The number of hydrogen-bond acceptors (Lipinski definition) is 4. The van der Waals surface area contributed by atoms with Crippen LogP contribution in [0.2, 0.25) is 0 Å². The number of anilines is 1. The Bertz CT molecular complexity index is 687. The lowest BCUT2D eigenvalue weighted by molar-refractivity contribution is -0.113. The standard InChI is InChI=1S/C17H17NO3S/c1-12-4-2-3-5-14(12)18-17(19)11-22-13-6-7-15-16(10-13)21-9-8-20-15/h2-7,10H,8-9,11H2,1H3,(H,18,19). The van der Waals surface area contributed by atoms with Crippen LogP contribution in [0.1, 0.15) is 5.56 Å². The summed E-state index contributed by atoms with van der Waals surface area (Å²) in [5.74, 6) is 1.85. The number of para-hydroxylation sites is 1. The molecule has 0 radical (unpaired) electrons. The van der Waals surface area contributed by atoms with Crippen LogP contribution >= 0.6 is 11.8 Å². The first-order valence-electron chi connectivity index (χ1n) is 7.10. The van der Waals surface area contributed by atoms with Gasteiger partial charge < -0.3 is 14.8 Å². The number of thioether (sulfide) groups is 1. The maximum absolute atomic E-state index is 12.0. The normalized spacial score (nSPS) is 12.8. The zero-order chi connectivity index (χ0) is 15.4. The highest BCUT2D eigenvalue weighted by molar-refractivity contribution is 8.00. The average molecular weight is 315 g/mol.